The predicted octanol–water partition coefficient (Wildman–Crippen LogP) is 3.77. The van der Waals surface area contributed by atoms with E-state index in [4.69, 9.17) is 4.74 Å². The van der Waals surface area contributed by atoms with Crippen LogP contribution in [0.5, 0.6) is 0 Å². The summed E-state index contributed by atoms with van der Waals surface area (Å²) in [6, 6.07) is 6.28. The Morgan fingerprint density at radius 3 is 2.52 bits per heavy atom. The lowest BCUT2D eigenvalue weighted by molar-refractivity contribution is -0.156. The van der Waals surface area contributed by atoms with Crippen molar-refractivity contribution < 1.29 is 24.1 Å². The average molecular weight is 374 g/mol. The molecule has 1 aliphatic heterocycles. The maximum Gasteiger partial charge on any atom is 0.309 e. The van der Waals surface area contributed by atoms with E-state index in [-0.39, 0.29) is 17.7 Å². The van der Waals surface area contributed by atoms with E-state index >= 15 is 0 Å². The van der Waals surface area contributed by atoms with Crippen LogP contribution in [-0.4, -0.2) is 34.0 Å². The molecule has 1 aliphatic carbocycles. The Morgan fingerprint density at radius 2 is 1.89 bits per heavy atom. The zero-order valence-electron chi connectivity index (χ0n) is 16.0. The summed E-state index contributed by atoms with van der Waals surface area (Å²) in [6.07, 6.45) is 4.02. The second kappa shape index (κ2) is 7.21. The lowest BCUT2D eigenvalue weighted by Gasteiger charge is -2.42. The van der Waals surface area contributed by atoms with Crippen LogP contribution in [0.15, 0.2) is 42.0 Å². The Bertz CT molecular complexity index is 774. The van der Waals surface area contributed by atoms with Crippen molar-refractivity contribution in [3.8, 4) is 0 Å². The molecule has 0 radical (unpaired) electrons. The number of aliphatic hydroxyl groups is 2. The molecule has 3 rings (SSSR count). The number of halogens is 1. The second-order valence-electron chi connectivity index (χ2n) is 8.61. The van der Waals surface area contributed by atoms with Crippen LogP contribution < -0.4 is 0 Å². The summed E-state index contributed by atoms with van der Waals surface area (Å²) >= 11 is 0. The molecule has 0 spiro atoms. The minimum Gasteiger partial charge on any atom is -0.458 e. The number of aliphatic hydroxyl groups excluding tert-OH is 1. The van der Waals surface area contributed by atoms with Gasteiger partial charge in [-0.05, 0) is 53.7 Å². The summed E-state index contributed by atoms with van der Waals surface area (Å²) in [7, 11) is 0. The van der Waals surface area contributed by atoms with E-state index in [9.17, 15) is 19.4 Å². The summed E-state index contributed by atoms with van der Waals surface area (Å²) in [4.78, 5) is 11.6. The lowest BCUT2D eigenvalue weighted by atomic mass is 9.65. The normalized spacial score (nSPS) is 31.3. The molecule has 0 amide bonds. The minimum atomic E-state index is -0.863. The molecule has 0 bridgehead atoms. The number of cyclic esters (lactones) is 1. The first kappa shape index (κ1) is 19.8. The van der Waals surface area contributed by atoms with Crippen molar-refractivity contribution in [2.75, 3.05) is 0 Å². The van der Waals surface area contributed by atoms with E-state index in [1.807, 2.05) is 13.0 Å². The molecule has 1 unspecified atom stereocenters. The topological polar surface area (TPSA) is 66.8 Å². The highest BCUT2D eigenvalue weighted by Gasteiger charge is 2.40. The van der Waals surface area contributed by atoms with Crippen LogP contribution in [0.3, 0.4) is 0 Å². The summed E-state index contributed by atoms with van der Waals surface area (Å²) in [5, 5.41) is 20.6. The highest BCUT2D eigenvalue weighted by atomic mass is 19.1. The molecule has 0 aromatic heterocycles. The largest absolute Gasteiger partial charge is 0.458 e. The molecular weight excluding hydrogens is 347 g/mol. The molecular formula is C22H27FO4. The monoisotopic (exact) mass is 374 g/mol. The fraction of sp³-hybridized carbons (Fsp3) is 0.500. The van der Waals surface area contributed by atoms with E-state index in [1.54, 1.807) is 18.2 Å². The molecule has 2 N–H and O–H groups in total. The predicted molar refractivity (Wildman–Crippen MR) is 101 cm³/mol. The van der Waals surface area contributed by atoms with Gasteiger partial charge in [-0.15, -0.1) is 0 Å². The zero-order chi connectivity index (χ0) is 19.8. The fourth-order valence-corrected chi connectivity index (χ4v) is 4.36. The van der Waals surface area contributed by atoms with Crippen LogP contribution in [0, 0.1) is 11.2 Å². The number of rotatable bonds is 3. The molecule has 1 saturated heterocycles. The van der Waals surface area contributed by atoms with E-state index in [0.29, 0.717) is 19.3 Å². The third kappa shape index (κ3) is 4.66. The van der Waals surface area contributed by atoms with E-state index < -0.39 is 23.8 Å². The van der Waals surface area contributed by atoms with Gasteiger partial charge in [-0.2, -0.15) is 0 Å². The van der Waals surface area contributed by atoms with E-state index in [0.717, 1.165) is 16.7 Å². The van der Waals surface area contributed by atoms with Crippen LogP contribution in [0.2, 0.25) is 0 Å². The fourth-order valence-electron chi connectivity index (χ4n) is 4.36. The van der Waals surface area contributed by atoms with Gasteiger partial charge in [0.2, 0.25) is 0 Å². The van der Waals surface area contributed by atoms with Crippen LogP contribution >= 0.6 is 0 Å². The third-order valence-electron chi connectivity index (χ3n) is 5.29. The Balaban J connectivity index is 2.00. The van der Waals surface area contributed by atoms with Gasteiger partial charge in [0.05, 0.1) is 18.1 Å². The summed E-state index contributed by atoms with van der Waals surface area (Å²) in [6.45, 7) is 5.94. The first-order valence-electron chi connectivity index (χ1n) is 9.33. The number of hydrogen-bond donors (Lipinski definition) is 2. The maximum atomic E-state index is 13.4. The molecule has 1 fully saturated rings. The number of ether oxygens (including phenoxy) is 1. The highest BCUT2D eigenvalue weighted by Crippen LogP contribution is 2.48. The van der Waals surface area contributed by atoms with Crippen molar-refractivity contribution in [1.82, 2.24) is 0 Å². The average Bonchev–Trinajstić information content (AvgIpc) is 2.51. The number of benzene rings is 1. The molecule has 2 aliphatic rings. The van der Waals surface area contributed by atoms with Crippen molar-refractivity contribution in [3.63, 3.8) is 0 Å². The van der Waals surface area contributed by atoms with Crippen molar-refractivity contribution in [3.05, 3.63) is 53.4 Å². The quantitative estimate of drug-likeness (QED) is 0.791. The van der Waals surface area contributed by atoms with Crippen LogP contribution in [0.25, 0.3) is 5.57 Å². The van der Waals surface area contributed by atoms with Gasteiger partial charge in [-0.3, -0.25) is 4.79 Å². The van der Waals surface area contributed by atoms with E-state index in [2.05, 4.69) is 13.8 Å². The van der Waals surface area contributed by atoms with E-state index in [1.165, 1.54) is 12.1 Å². The molecule has 146 valence electrons. The molecule has 1 aromatic carbocycles. The van der Waals surface area contributed by atoms with Crippen LogP contribution in [0.1, 0.15) is 52.0 Å². The van der Waals surface area contributed by atoms with Crippen molar-refractivity contribution in [2.24, 2.45) is 5.41 Å². The van der Waals surface area contributed by atoms with Crippen molar-refractivity contribution in [2.45, 2.75) is 64.3 Å². The Kier molecular flexibility index (Phi) is 5.28. The molecule has 27 heavy (non-hydrogen) atoms. The van der Waals surface area contributed by atoms with Gasteiger partial charge < -0.3 is 14.9 Å². The number of allylic oxidation sites excluding steroid dienone is 2. The standard InChI is InChI=1S/C22H27FO4/c1-21(2)13-22(3,26)12-18(14-4-6-15(23)7-5-14)19(21)9-8-17-10-16(24)11-20(25)27-17/h4-9,16-17,24,26H,10-13H2,1-3H3/b9-8+/t16-,17-,22?/m1/s1. The van der Waals surface area contributed by atoms with Gasteiger partial charge in [-0.1, -0.05) is 32.1 Å². The number of carbonyl (C=O) groups excluding carboxylic acids is 1. The summed E-state index contributed by atoms with van der Waals surface area (Å²) in [5.41, 5.74) is 1.66. The van der Waals surface area contributed by atoms with Crippen LogP contribution in [-0.2, 0) is 9.53 Å². The molecule has 4 nitrogen and oxygen atoms in total. The zero-order valence-corrected chi connectivity index (χ0v) is 16.0. The smallest absolute Gasteiger partial charge is 0.309 e. The van der Waals surface area contributed by atoms with Gasteiger partial charge in [0.15, 0.2) is 0 Å². The molecule has 1 heterocycles. The van der Waals surface area contributed by atoms with Crippen molar-refractivity contribution >= 4 is 11.5 Å². The van der Waals surface area contributed by atoms with Crippen LogP contribution in [0.4, 0.5) is 4.39 Å². The molecule has 0 saturated carbocycles. The SMILES string of the molecule is CC1(O)CC(c2ccc(F)cc2)=C(/C=C/[C@@H]2C[C@@H](O)CC(=O)O2)C(C)(C)C1. The number of esters is 1. The Labute approximate surface area is 159 Å². The molecule has 1 aromatic rings. The minimum absolute atomic E-state index is 0.0300. The lowest BCUT2D eigenvalue weighted by Crippen LogP contribution is -2.37. The van der Waals surface area contributed by atoms with Gasteiger partial charge >= 0.3 is 5.97 Å². The van der Waals surface area contributed by atoms with Gasteiger partial charge in [0.25, 0.3) is 0 Å². The second-order valence-corrected chi connectivity index (χ2v) is 8.61. The first-order valence-corrected chi connectivity index (χ1v) is 9.33. The maximum absolute atomic E-state index is 13.4. The molecule has 5 heteroatoms. The number of carbonyl (C=O) groups is 1. The summed E-state index contributed by atoms with van der Waals surface area (Å²) < 4.78 is 18.7. The number of hydrogen-bond acceptors (Lipinski definition) is 4. The molecule has 3 atom stereocenters. The van der Waals surface area contributed by atoms with Gasteiger partial charge in [-0.25, -0.2) is 4.39 Å². The van der Waals surface area contributed by atoms with Crippen molar-refractivity contribution in [1.29, 1.82) is 0 Å². The van der Waals surface area contributed by atoms with Gasteiger partial charge in [0.1, 0.15) is 11.9 Å². The highest BCUT2D eigenvalue weighted by molar-refractivity contribution is 5.74. The third-order valence-corrected chi connectivity index (χ3v) is 5.29. The Hall–Kier alpha value is -1.98. The first-order chi connectivity index (χ1) is 12.6. The summed E-state index contributed by atoms with van der Waals surface area (Å²) in [5.74, 6) is -0.705. The Morgan fingerprint density at radius 1 is 1.22 bits per heavy atom. The van der Waals surface area contributed by atoms with Gasteiger partial charge in [0, 0.05) is 12.8 Å².